The van der Waals surface area contributed by atoms with Crippen molar-refractivity contribution in [3.63, 3.8) is 0 Å². The molecule has 3 rings (SSSR count). The standard InChI is InChI=1S/C15H16N2O/c1-11(18)17-15(9-10-16-17)14-8-4-6-12-5-2-3-7-13(12)14/h2-8,15-16H,9-10H2,1H3. The Balaban J connectivity index is 2.11. The molecule has 2 aromatic carbocycles. The van der Waals surface area contributed by atoms with Gasteiger partial charge < -0.3 is 0 Å². The van der Waals surface area contributed by atoms with Crippen LogP contribution in [0.15, 0.2) is 42.5 Å². The van der Waals surface area contributed by atoms with Gasteiger partial charge in [0.15, 0.2) is 0 Å². The van der Waals surface area contributed by atoms with Gasteiger partial charge in [0.2, 0.25) is 5.91 Å². The zero-order valence-corrected chi connectivity index (χ0v) is 10.4. The number of carbonyl (C=O) groups excluding carboxylic acids is 1. The molecule has 0 saturated carbocycles. The number of hydrazine groups is 1. The third-order valence-electron chi connectivity index (χ3n) is 3.53. The molecule has 1 saturated heterocycles. The molecule has 1 N–H and O–H groups in total. The second-order valence-electron chi connectivity index (χ2n) is 4.67. The van der Waals surface area contributed by atoms with Crippen LogP contribution in [0.4, 0.5) is 0 Å². The minimum absolute atomic E-state index is 0.0745. The van der Waals surface area contributed by atoms with E-state index in [9.17, 15) is 4.79 Å². The Kier molecular flexibility index (Phi) is 2.76. The summed E-state index contributed by atoms with van der Waals surface area (Å²) in [5.41, 5.74) is 4.38. The molecule has 3 heteroatoms. The zero-order valence-electron chi connectivity index (χ0n) is 10.4. The molecule has 1 amide bonds. The van der Waals surface area contributed by atoms with Crippen LogP contribution in [0.25, 0.3) is 10.8 Å². The van der Waals surface area contributed by atoms with E-state index in [4.69, 9.17) is 0 Å². The van der Waals surface area contributed by atoms with Gasteiger partial charge in [-0.2, -0.15) is 0 Å². The maximum absolute atomic E-state index is 11.6. The van der Waals surface area contributed by atoms with Crippen molar-refractivity contribution in [2.75, 3.05) is 6.54 Å². The first-order valence-corrected chi connectivity index (χ1v) is 6.28. The Labute approximate surface area is 106 Å². The number of rotatable bonds is 1. The van der Waals surface area contributed by atoms with Gasteiger partial charge in [0.25, 0.3) is 0 Å². The van der Waals surface area contributed by atoms with Crippen molar-refractivity contribution in [1.82, 2.24) is 10.4 Å². The smallest absolute Gasteiger partial charge is 0.234 e. The zero-order chi connectivity index (χ0) is 12.5. The molecule has 0 aliphatic carbocycles. The molecule has 1 heterocycles. The molecule has 0 bridgehead atoms. The van der Waals surface area contributed by atoms with E-state index < -0.39 is 0 Å². The van der Waals surface area contributed by atoms with E-state index in [1.807, 2.05) is 12.1 Å². The third-order valence-corrected chi connectivity index (χ3v) is 3.53. The molecule has 1 atom stereocenters. The molecule has 92 valence electrons. The molecule has 1 aliphatic rings. The van der Waals surface area contributed by atoms with Crippen molar-refractivity contribution in [3.8, 4) is 0 Å². The number of fused-ring (bicyclic) bond motifs is 1. The molecule has 1 fully saturated rings. The van der Waals surface area contributed by atoms with Gasteiger partial charge in [-0.3, -0.25) is 9.80 Å². The summed E-state index contributed by atoms with van der Waals surface area (Å²) in [6.45, 7) is 2.46. The lowest BCUT2D eigenvalue weighted by Gasteiger charge is -2.24. The van der Waals surface area contributed by atoms with Crippen molar-refractivity contribution in [2.24, 2.45) is 0 Å². The van der Waals surface area contributed by atoms with E-state index in [0.29, 0.717) is 0 Å². The first-order chi connectivity index (χ1) is 8.77. The minimum atomic E-state index is 0.0745. The van der Waals surface area contributed by atoms with Gasteiger partial charge in [0, 0.05) is 13.5 Å². The van der Waals surface area contributed by atoms with Crippen molar-refractivity contribution in [1.29, 1.82) is 0 Å². The Hall–Kier alpha value is -1.87. The molecule has 3 nitrogen and oxygen atoms in total. The number of nitrogens with zero attached hydrogens (tertiary/aromatic N) is 1. The number of hydrogen-bond donors (Lipinski definition) is 1. The topological polar surface area (TPSA) is 32.3 Å². The lowest BCUT2D eigenvalue weighted by molar-refractivity contribution is -0.132. The van der Waals surface area contributed by atoms with Crippen molar-refractivity contribution < 1.29 is 4.79 Å². The molecule has 0 aromatic heterocycles. The Bertz CT molecular complexity index is 589. The monoisotopic (exact) mass is 240 g/mol. The molecule has 1 aliphatic heterocycles. The van der Waals surface area contributed by atoms with Crippen molar-refractivity contribution in [3.05, 3.63) is 48.0 Å². The normalized spacial score (nSPS) is 19.4. The average Bonchev–Trinajstić information content (AvgIpc) is 2.87. The molecule has 0 radical (unpaired) electrons. The van der Waals surface area contributed by atoms with Crippen LogP contribution in [0.5, 0.6) is 0 Å². The first kappa shape index (κ1) is 11.2. The summed E-state index contributed by atoms with van der Waals surface area (Å²) in [7, 11) is 0. The van der Waals surface area contributed by atoms with Gasteiger partial charge in [0.05, 0.1) is 6.04 Å². The third kappa shape index (κ3) is 1.77. The van der Waals surface area contributed by atoms with E-state index >= 15 is 0 Å². The largest absolute Gasteiger partial charge is 0.274 e. The summed E-state index contributed by atoms with van der Waals surface area (Å²) in [4.78, 5) is 11.6. The number of carbonyl (C=O) groups is 1. The highest BCUT2D eigenvalue weighted by molar-refractivity contribution is 5.86. The van der Waals surface area contributed by atoms with Crippen molar-refractivity contribution in [2.45, 2.75) is 19.4 Å². The van der Waals surface area contributed by atoms with Gasteiger partial charge in [-0.25, -0.2) is 5.43 Å². The van der Waals surface area contributed by atoms with E-state index in [1.165, 1.54) is 16.3 Å². The maximum atomic E-state index is 11.6. The highest BCUT2D eigenvalue weighted by atomic mass is 16.2. The van der Waals surface area contributed by atoms with Crippen LogP contribution in [-0.4, -0.2) is 17.5 Å². The van der Waals surface area contributed by atoms with Crippen LogP contribution in [0.3, 0.4) is 0 Å². The summed E-state index contributed by atoms with van der Waals surface area (Å²) in [5.74, 6) is 0.0745. The fraction of sp³-hybridized carbons (Fsp3) is 0.267. The number of amides is 1. The van der Waals surface area contributed by atoms with Crippen LogP contribution in [0.1, 0.15) is 24.9 Å². The molecular weight excluding hydrogens is 224 g/mol. The second kappa shape index (κ2) is 4.42. The SMILES string of the molecule is CC(=O)N1NCCC1c1cccc2ccccc12. The summed E-state index contributed by atoms with van der Waals surface area (Å²) < 4.78 is 0. The van der Waals surface area contributed by atoms with Gasteiger partial charge >= 0.3 is 0 Å². The van der Waals surface area contributed by atoms with Crippen LogP contribution in [0, 0.1) is 0 Å². The van der Waals surface area contributed by atoms with E-state index in [2.05, 4.69) is 35.8 Å². The summed E-state index contributed by atoms with van der Waals surface area (Å²) in [6, 6.07) is 14.8. The Morgan fingerprint density at radius 3 is 2.83 bits per heavy atom. The predicted molar refractivity (Wildman–Crippen MR) is 71.8 cm³/mol. The fourth-order valence-electron chi connectivity index (χ4n) is 2.73. The number of hydrogen-bond acceptors (Lipinski definition) is 2. The quantitative estimate of drug-likeness (QED) is 0.831. The van der Waals surface area contributed by atoms with Gasteiger partial charge in [-0.1, -0.05) is 42.5 Å². The summed E-state index contributed by atoms with van der Waals surface area (Å²) in [5, 5.41) is 4.22. The Morgan fingerprint density at radius 1 is 1.22 bits per heavy atom. The molecule has 0 spiro atoms. The molecular formula is C15H16N2O. The summed E-state index contributed by atoms with van der Waals surface area (Å²) in [6.07, 6.45) is 0.966. The van der Waals surface area contributed by atoms with Crippen LogP contribution in [0.2, 0.25) is 0 Å². The fourth-order valence-corrected chi connectivity index (χ4v) is 2.73. The molecule has 18 heavy (non-hydrogen) atoms. The Morgan fingerprint density at radius 2 is 2.00 bits per heavy atom. The minimum Gasteiger partial charge on any atom is -0.274 e. The van der Waals surface area contributed by atoms with E-state index in [-0.39, 0.29) is 11.9 Å². The van der Waals surface area contributed by atoms with Crippen LogP contribution in [-0.2, 0) is 4.79 Å². The van der Waals surface area contributed by atoms with Crippen LogP contribution < -0.4 is 5.43 Å². The van der Waals surface area contributed by atoms with Gasteiger partial charge in [-0.05, 0) is 22.8 Å². The average molecular weight is 240 g/mol. The predicted octanol–water partition coefficient (Wildman–Crippen LogP) is 2.64. The maximum Gasteiger partial charge on any atom is 0.234 e. The second-order valence-corrected chi connectivity index (χ2v) is 4.67. The lowest BCUT2D eigenvalue weighted by Crippen LogP contribution is -2.36. The number of nitrogens with one attached hydrogen (secondary N) is 1. The molecule has 1 unspecified atom stereocenters. The van der Waals surface area contributed by atoms with E-state index in [0.717, 1.165) is 13.0 Å². The van der Waals surface area contributed by atoms with E-state index in [1.54, 1.807) is 11.9 Å². The molecule has 2 aromatic rings. The first-order valence-electron chi connectivity index (χ1n) is 6.28. The van der Waals surface area contributed by atoms with Gasteiger partial charge in [-0.15, -0.1) is 0 Å². The highest BCUT2D eigenvalue weighted by Gasteiger charge is 2.28. The van der Waals surface area contributed by atoms with Crippen molar-refractivity contribution >= 4 is 16.7 Å². The highest BCUT2D eigenvalue weighted by Crippen LogP contribution is 2.32. The summed E-state index contributed by atoms with van der Waals surface area (Å²) >= 11 is 0. The lowest BCUT2D eigenvalue weighted by atomic mass is 9.97. The number of benzene rings is 2. The van der Waals surface area contributed by atoms with Gasteiger partial charge in [0.1, 0.15) is 0 Å². The van der Waals surface area contributed by atoms with Crippen LogP contribution >= 0.6 is 0 Å².